The van der Waals surface area contributed by atoms with Gasteiger partial charge in [-0.05, 0) is 24.1 Å². The lowest BCUT2D eigenvalue weighted by Crippen LogP contribution is -2.55. The van der Waals surface area contributed by atoms with Gasteiger partial charge in [-0.25, -0.2) is 4.39 Å². The molecule has 7 heteroatoms. The standard InChI is InChI=1S/C12H15F4NO2/c1-3-10(17)11(18,12(14,15)16)7-4-5-9(19-2)8(13)6-7/h4-6,10,18H,3,17H2,1-2H3. The maximum atomic E-state index is 13.5. The fraction of sp³-hybridized carbons (Fsp3) is 0.500. The number of rotatable bonds is 4. The molecule has 0 aliphatic rings. The first-order valence-corrected chi connectivity index (χ1v) is 5.57. The summed E-state index contributed by atoms with van der Waals surface area (Å²) in [4.78, 5) is 0. The van der Waals surface area contributed by atoms with Crippen LogP contribution in [0.25, 0.3) is 0 Å². The molecule has 0 aliphatic carbocycles. The van der Waals surface area contributed by atoms with Gasteiger partial charge in [0.1, 0.15) is 0 Å². The number of halogens is 4. The highest BCUT2D eigenvalue weighted by atomic mass is 19.4. The number of aliphatic hydroxyl groups is 1. The molecule has 0 aliphatic heterocycles. The van der Waals surface area contributed by atoms with Gasteiger partial charge >= 0.3 is 6.18 Å². The van der Waals surface area contributed by atoms with Gasteiger partial charge in [0.15, 0.2) is 11.6 Å². The maximum Gasteiger partial charge on any atom is 0.423 e. The van der Waals surface area contributed by atoms with Crippen molar-refractivity contribution in [3.63, 3.8) is 0 Å². The summed E-state index contributed by atoms with van der Waals surface area (Å²) in [5.41, 5.74) is 1.42. The molecule has 0 aromatic heterocycles. The lowest BCUT2D eigenvalue weighted by atomic mass is 9.84. The molecule has 1 aromatic carbocycles. The monoisotopic (exact) mass is 281 g/mol. The molecule has 0 saturated carbocycles. The summed E-state index contributed by atoms with van der Waals surface area (Å²) >= 11 is 0. The van der Waals surface area contributed by atoms with E-state index in [4.69, 9.17) is 5.73 Å². The predicted molar refractivity (Wildman–Crippen MR) is 61.2 cm³/mol. The quantitative estimate of drug-likeness (QED) is 0.833. The average molecular weight is 281 g/mol. The summed E-state index contributed by atoms with van der Waals surface area (Å²) in [6, 6.07) is 0.955. The van der Waals surface area contributed by atoms with Gasteiger partial charge in [-0.2, -0.15) is 13.2 Å². The summed E-state index contributed by atoms with van der Waals surface area (Å²) in [6.45, 7) is 1.40. The molecule has 3 nitrogen and oxygen atoms in total. The largest absolute Gasteiger partial charge is 0.494 e. The summed E-state index contributed by atoms with van der Waals surface area (Å²) in [7, 11) is 1.19. The average Bonchev–Trinajstić information content (AvgIpc) is 2.35. The SMILES string of the molecule is CCC(N)C(O)(c1ccc(OC)c(F)c1)C(F)(F)F. The highest BCUT2D eigenvalue weighted by Gasteiger charge is 2.58. The van der Waals surface area contributed by atoms with E-state index in [9.17, 15) is 22.7 Å². The van der Waals surface area contributed by atoms with Crippen LogP contribution < -0.4 is 10.5 Å². The van der Waals surface area contributed by atoms with Crippen LogP contribution in [-0.2, 0) is 5.60 Å². The second kappa shape index (κ2) is 5.34. The third-order valence-corrected chi connectivity index (χ3v) is 3.00. The van der Waals surface area contributed by atoms with Gasteiger partial charge in [-0.15, -0.1) is 0 Å². The Hall–Kier alpha value is -1.34. The van der Waals surface area contributed by atoms with Crippen molar-refractivity contribution in [1.82, 2.24) is 0 Å². The molecule has 0 spiro atoms. The molecular formula is C12H15F4NO2. The van der Waals surface area contributed by atoms with Crippen LogP contribution in [0.3, 0.4) is 0 Å². The Morgan fingerprint density at radius 1 is 1.37 bits per heavy atom. The molecular weight excluding hydrogens is 266 g/mol. The second-order valence-corrected chi connectivity index (χ2v) is 4.13. The highest BCUT2D eigenvalue weighted by molar-refractivity contribution is 5.34. The molecule has 108 valence electrons. The van der Waals surface area contributed by atoms with Crippen molar-refractivity contribution < 1.29 is 27.4 Å². The molecule has 0 saturated heterocycles. The van der Waals surface area contributed by atoms with Crippen molar-refractivity contribution in [3.05, 3.63) is 29.6 Å². The van der Waals surface area contributed by atoms with Crippen molar-refractivity contribution in [2.24, 2.45) is 5.73 Å². The van der Waals surface area contributed by atoms with Gasteiger partial charge in [-0.1, -0.05) is 13.0 Å². The molecule has 2 atom stereocenters. The third-order valence-electron chi connectivity index (χ3n) is 3.00. The number of methoxy groups -OCH3 is 1. The molecule has 0 radical (unpaired) electrons. The van der Waals surface area contributed by atoms with E-state index in [1.807, 2.05) is 0 Å². The number of hydrogen-bond donors (Lipinski definition) is 2. The number of hydrogen-bond acceptors (Lipinski definition) is 3. The van der Waals surface area contributed by atoms with E-state index in [-0.39, 0.29) is 12.2 Å². The number of ether oxygens (including phenoxy) is 1. The zero-order valence-electron chi connectivity index (χ0n) is 10.5. The summed E-state index contributed by atoms with van der Waals surface area (Å²) in [5, 5.41) is 9.92. The van der Waals surface area contributed by atoms with Crippen molar-refractivity contribution in [3.8, 4) is 5.75 Å². The van der Waals surface area contributed by atoms with Gasteiger partial charge in [-0.3, -0.25) is 0 Å². The van der Waals surface area contributed by atoms with E-state index in [0.717, 1.165) is 12.1 Å². The fourth-order valence-corrected chi connectivity index (χ4v) is 1.79. The second-order valence-electron chi connectivity index (χ2n) is 4.13. The molecule has 0 amide bonds. The van der Waals surface area contributed by atoms with E-state index in [1.54, 1.807) is 0 Å². The van der Waals surface area contributed by atoms with Crippen LogP contribution in [0.2, 0.25) is 0 Å². The van der Waals surface area contributed by atoms with Crippen LogP contribution in [0.5, 0.6) is 5.75 Å². The summed E-state index contributed by atoms with van der Waals surface area (Å²) < 4.78 is 57.3. The first-order valence-electron chi connectivity index (χ1n) is 5.57. The van der Waals surface area contributed by atoms with Gasteiger partial charge in [0.05, 0.1) is 7.11 Å². The molecule has 0 fully saturated rings. The molecule has 3 N–H and O–H groups in total. The number of alkyl halides is 3. The Morgan fingerprint density at radius 2 is 1.95 bits per heavy atom. The van der Waals surface area contributed by atoms with Crippen LogP contribution in [0.15, 0.2) is 18.2 Å². The fourth-order valence-electron chi connectivity index (χ4n) is 1.79. The van der Waals surface area contributed by atoms with Crippen molar-refractivity contribution in [1.29, 1.82) is 0 Å². The van der Waals surface area contributed by atoms with Gasteiger partial charge in [0, 0.05) is 6.04 Å². The molecule has 0 bridgehead atoms. The number of nitrogens with two attached hydrogens (primary N) is 1. The van der Waals surface area contributed by atoms with Crippen molar-refractivity contribution in [2.75, 3.05) is 7.11 Å². The summed E-state index contributed by atoms with van der Waals surface area (Å²) in [5.74, 6) is -1.20. The van der Waals surface area contributed by atoms with Crippen LogP contribution >= 0.6 is 0 Å². The lowest BCUT2D eigenvalue weighted by Gasteiger charge is -2.35. The van der Waals surface area contributed by atoms with E-state index < -0.39 is 29.2 Å². The van der Waals surface area contributed by atoms with Gasteiger partial charge in [0.2, 0.25) is 5.60 Å². The molecule has 0 heterocycles. The predicted octanol–water partition coefficient (Wildman–Crippen LogP) is 2.32. The molecule has 2 unspecified atom stereocenters. The minimum atomic E-state index is -5.01. The van der Waals surface area contributed by atoms with Crippen LogP contribution in [0.1, 0.15) is 18.9 Å². The maximum absolute atomic E-state index is 13.5. The Kier molecular flexibility index (Phi) is 4.42. The van der Waals surface area contributed by atoms with Crippen LogP contribution in [0.4, 0.5) is 17.6 Å². The zero-order chi connectivity index (χ0) is 14.8. The zero-order valence-corrected chi connectivity index (χ0v) is 10.5. The van der Waals surface area contributed by atoms with Gasteiger partial charge < -0.3 is 15.6 Å². The smallest absolute Gasteiger partial charge is 0.423 e. The van der Waals surface area contributed by atoms with E-state index in [1.165, 1.54) is 14.0 Å². The van der Waals surface area contributed by atoms with E-state index in [0.29, 0.717) is 6.07 Å². The molecule has 19 heavy (non-hydrogen) atoms. The van der Waals surface area contributed by atoms with Crippen LogP contribution in [-0.4, -0.2) is 24.4 Å². The number of benzene rings is 1. The highest BCUT2D eigenvalue weighted by Crippen LogP contribution is 2.42. The topological polar surface area (TPSA) is 55.5 Å². The third kappa shape index (κ3) is 2.66. The first-order chi connectivity index (χ1) is 8.68. The van der Waals surface area contributed by atoms with E-state index in [2.05, 4.69) is 4.74 Å². The first kappa shape index (κ1) is 15.7. The molecule has 1 aromatic rings. The minimum Gasteiger partial charge on any atom is -0.494 e. The normalized spacial score (nSPS) is 16.8. The Morgan fingerprint density at radius 3 is 2.32 bits per heavy atom. The summed E-state index contributed by atoms with van der Waals surface area (Å²) in [6.07, 6.45) is -5.13. The van der Waals surface area contributed by atoms with Crippen LogP contribution in [0, 0.1) is 5.82 Å². The molecule has 1 rings (SSSR count). The minimum absolute atomic E-state index is 0.121. The Bertz CT molecular complexity index is 450. The van der Waals surface area contributed by atoms with Crippen molar-refractivity contribution >= 4 is 0 Å². The van der Waals surface area contributed by atoms with Crippen molar-refractivity contribution in [2.45, 2.75) is 31.2 Å². The lowest BCUT2D eigenvalue weighted by molar-refractivity contribution is -0.274. The van der Waals surface area contributed by atoms with Gasteiger partial charge in [0.25, 0.3) is 0 Å². The Labute approximate surface area is 108 Å². The Balaban J connectivity index is 3.38. The van der Waals surface area contributed by atoms with E-state index >= 15 is 0 Å².